The highest BCUT2D eigenvalue weighted by atomic mass is 32.1. The smallest absolute Gasteiger partial charge is 0.306 e. The van der Waals surface area contributed by atoms with Gasteiger partial charge in [-0.1, -0.05) is 6.92 Å². The van der Waals surface area contributed by atoms with Crippen LogP contribution in [0.4, 0.5) is 0 Å². The Labute approximate surface area is 115 Å². The first-order valence-electron chi connectivity index (χ1n) is 5.94. The third-order valence-electron chi connectivity index (χ3n) is 3.01. The van der Waals surface area contributed by atoms with Gasteiger partial charge in [0.2, 0.25) is 0 Å². The quantitative estimate of drug-likeness (QED) is 0.929. The van der Waals surface area contributed by atoms with E-state index in [2.05, 4.69) is 15.0 Å². The van der Waals surface area contributed by atoms with Crippen molar-refractivity contribution < 1.29 is 9.90 Å². The van der Waals surface area contributed by atoms with Crippen molar-refractivity contribution >= 4 is 17.3 Å². The van der Waals surface area contributed by atoms with Crippen molar-refractivity contribution in [3.8, 4) is 10.7 Å². The predicted molar refractivity (Wildman–Crippen MR) is 73.1 cm³/mol. The molecule has 0 fully saturated rings. The summed E-state index contributed by atoms with van der Waals surface area (Å²) in [4.78, 5) is 24.8. The number of rotatable bonds is 4. The van der Waals surface area contributed by atoms with Crippen LogP contribution in [0.25, 0.3) is 10.7 Å². The summed E-state index contributed by atoms with van der Waals surface area (Å²) in [6, 6.07) is 0. The monoisotopic (exact) mass is 277 g/mol. The number of carboxylic acids is 1. The van der Waals surface area contributed by atoms with Crippen LogP contribution in [-0.4, -0.2) is 26.0 Å². The van der Waals surface area contributed by atoms with Gasteiger partial charge in [-0.3, -0.25) is 9.78 Å². The second-order valence-corrected chi connectivity index (χ2v) is 5.39. The van der Waals surface area contributed by atoms with E-state index in [1.54, 1.807) is 18.6 Å². The van der Waals surface area contributed by atoms with Crippen LogP contribution in [0.2, 0.25) is 0 Å². The molecule has 19 heavy (non-hydrogen) atoms. The number of aliphatic carboxylic acids is 1. The maximum atomic E-state index is 10.9. The molecule has 0 saturated carbocycles. The van der Waals surface area contributed by atoms with Crippen molar-refractivity contribution in [1.82, 2.24) is 15.0 Å². The first-order chi connectivity index (χ1) is 8.99. The molecule has 0 saturated heterocycles. The molecule has 0 spiro atoms. The van der Waals surface area contributed by atoms with Crippen LogP contribution >= 0.6 is 11.3 Å². The zero-order chi connectivity index (χ0) is 14.0. The zero-order valence-electron chi connectivity index (χ0n) is 11.0. The molecule has 0 aliphatic rings. The van der Waals surface area contributed by atoms with Gasteiger partial charge in [-0.2, -0.15) is 0 Å². The molecule has 1 unspecified atom stereocenters. The molecule has 0 aliphatic carbocycles. The molecule has 2 aromatic heterocycles. The molecule has 2 rings (SSSR count). The van der Waals surface area contributed by atoms with Gasteiger partial charge in [0.15, 0.2) is 5.82 Å². The van der Waals surface area contributed by atoms with E-state index in [1.165, 1.54) is 11.3 Å². The molecule has 0 aromatic carbocycles. The highest BCUT2D eigenvalue weighted by molar-refractivity contribution is 7.13. The lowest BCUT2D eigenvalue weighted by Crippen LogP contribution is -2.15. The second kappa shape index (κ2) is 5.44. The maximum Gasteiger partial charge on any atom is 0.306 e. The Kier molecular flexibility index (Phi) is 3.90. The third kappa shape index (κ3) is 2.96. The van der Waals surface area contributed by atoms with Crippen molar-refractivity contribution in [2.24, 2.45) is 5.92 Å². The highest BCUT2D eigenvalue weighted by Crippen LogP contribution is 2.23. The van der Waals surface area contributed by atoms with E-state index in [9.17, 15) is 4.79 Å². The molecular weight excluding hydrogens is 262 g/mol. The molecule has 6 heteroatoms. The summed E-state index contributed by atoms with van der Waals surface area (Å²) in [7, 11) is 0. The summed E-state index contributed by atoms with van der Waals surface area (Å²) in [6.45, 7) is 5.48. The van der Waals surface area contributed by atoms with Crippen LogP contribution in [0.15, 0.2) is 11.7 Å². The number of carboxylic acid groups (broad SMARTS) is 1. The number of aryl methyl sites for hydroxylation is 2. The van der Waals surface area contributed by atoms with Crippen LogP contribution in [0.5, 0.6) is 0 Å². The van der Waals surface area contributed by atoms with Crippen molar-refractivity contribution in [1.29, 1.82) is 0 Å². The van der Waals surface area contributed by atoms with E-state index < -0.39 is 11.9 Å². The molecular formula is C13H15N3O2S. The Morgan fingerprint density at radius 2 is 2.00 bits per heavy atom. The summed E-state index contributed by atoms with van der Waals surface area (Å²) in [5.74, 6) is -0.579. The third-order valence-corrected chi connectivity index (χ3v) is 3.77. The summed E-state index contributed by atoms with van der Waals surface area (Å²) in [5, 5.41) is 8.98. The number of carbonyl (C=O) groups is 1. The van der Waals surface area contributed by atoms with Crippen LogP contribution < -0.4 is 0 Å². The Bertz CT molecular complexity index is 573. The molecule has 0 radical (unpaired) electrons. The van der Waals surface area contributed by atoms with Crippen LogP contribution in [0, 0.1) is 19.8 Å². The van der Waals surface area contributed by atoms with Gasteiger partial charge in [0.1, 0.15) is 0 Å². The Morgan fingerprint density at radius 1 is 1.37 bits per heavy atom. The molecule has 0 aliphatic heterocycles. The predicted octanol–water partition coefficient (Wildman–Crippen LogP) is 2.48. The van der Waals surface area contributed by atoms with E-state index in [0.29, 0.717) is 12.2 Å². The fourth-order valence-electron chi connectivity index (χ4n) is 1.86. The van der Waals surface area contributed by atoms with Crippen molar-refractivity contribution in [2.45, 2.75) is 27.2 Å². The first-order valence-corrected chi connectivity index (χ1v) is 6.82. The fraction of sp³-hybridized carbons (Fsp3) is 0.385. The molecule has 5 nitrogen and oxygen atoms in total. The number of thiazole rings is 1. The van der Waals surface area contributed by atoms with Gasteiger partial charge in [0.05, 0.1) is 16.3 Å². The lowest BCUT2D eigenvalue weighted by molar-refractivity contribution is -0.141. The molecule has 100 valence electrons. The van der Waals surface area contributed by atoms with Crippen molar-refractivity contribution in [3.63, 3.8) is 0 Å². The average Bonchev–Trinajstić information content (AvgIpc) is 2.86. The SMILES string of the molecule is Cc1nc(-c2cncs2)nc(C)c1CC(C)C(=O)O. The van der Waals surface area contributed by atoms with E-state index in [0.717, 1.165) is 21.8 Å². The Morgan fingerprint density at radius 3 is 2.47 bits per heavy atom. The van der Waals surface area contributed by atoms with E-state index >= 15 is 0 Å². The van der Waals surface area contributed by atoms with Crippen LogP contribution in [-0.2, 0) is 11.2 Å². The molecule has 0 bridgehead atoms. The maximum absolute atomic E-state index is 10.9. The minimum Gasteiger partial charge on any atom is -0.481 e. The molecule has 2 aromatic rings. The van der Waals surface area contributed by atoms with Gasteiger partial charge in [0, 0.05) is 17.6 Å². The van der Waals surface area contributed by atoms with E-state index in [4.69, 9.17) is 5.11 Å². The largest absolute Gasteiger partial charge is 0.481 e. The number of hydrogen-bond acceptors (Lipinski definition) is 5. The summed E-state index contributed by atoms with van der Waals surface area (Å²) < 4.78 is 0. The van der Waals surface area contributed by atoms with Gasteiger partial charge < -0.3 is 5.11 Å². The standard InChI is InChI=1S/C13H15N3O2S/c1-7(13(17)18)4-10-8(2)15-12(16-9(10)3)11-5-14-6-19-11/h5-7H,4H2,1-3H3,(H,17,18). The van der Waals surface area contributed by atoms with Crippen LogP contribution in [0.1, 0.15) is 23.9 Å². The summed E-state index contributed by atoms with van der Waals surface area (Å²) in [5.41, 5.74) is 4.33. The highest BCUT2D eigenvalue weighted by Gasteiger charge is 2.17. The minimum absolute atomic E-state index is 0.435. The lowest BCUT2D eigenvalue weighted by Gasteiger charge is -2.12. The van der Waals surface area contributed by atoms with Gasteiger partial charge in [-0.25, -0.2) is 9.97 Å². The number of aromatic nitrogens is 3. The minimum atomic E-state index is -0.801. The Hall–Kier alpha value is -1.82. The van der Waals surface area contributed by atoms with E-state index in [-0.39, 0.29) is 0 Å². The molecule has 1 N–H and O–H groups in total. The van der Waals surface area contributed by atoms with Gasteiger partial charge >= 0.3 is 5.97 Å². The second-order valence-electron chi connectivity index (χ2n) is 4.51. The van der Waals surface area contributed by atoms with Gasteiger partial charge in [-0.15, -0.1) is 11.3 Å². The van der Waals surface area contributed by atoms with Gasteiger partial charge in [-0.05, 0) is 25.8 Å². The normalized spacial score (nSPS) is 12.4. The van der Waals surface area contributed by atoms with Crippen molar-refractivity contribution in [2.75, 3.05) is 0 Å². The van der Waals surface area contributed by atoms with Crippen molar-refractivity contribution in [3.05, 3.63) is 28.7 Å². The average molecular weight is 277 g/mol. The first kappa shape index (κ1) is 13.6. The number of nitrogens with zero attached hydrogens (tertiary/aromatic N) is 3. The molecule has 2 heterocycles. The lowest BCUT2D eigenvalue weighted by atomic mass is 9.99. The topological polar surface area (TPSA) is 76.0 Å². The summed E-state index contributed by atoms with van der Waals surface area (Å²) in [6.07, 6.45) is 2.19. The molecule has 0 amide bonds. The summed E-state index contributed by atoms with van der Waals surface area (Å²) >= 11 is 1.49. The van der Waals surface area contributed by atoms with Crippen LogP contribution in [0.3, 0.4) is 0 Å². The molecule has 1 atom stereocenters. The number of hydrogen-bond donors (Lipinski definition) is 1. The van der Waals surface area contributed by atoms with E-state index in [1.807, 2.05) is 13.8 Å². The van der Waals surface area contributed by atoms with Gasteiger partial charge in [0.25, 0.3) is 0 Å². The Balaban J connectivity index is 2.35. The zero-order valence-corrected chi connectivity index (χ0v) is 11.9. The fourth-order valence-corrected chi connectivity index (χ4v) is 2.42.